The van der Waals surface area contributed by atoms with Gasteiger partial charge in [0.15, 0.2) is 0 Å². The van der Waals surface area contributed by atoms with Crippen LogP contribution in [0.2, 0.25) is 0 Å². The lowest BCUT2D eigenvalue weighted by Gasteiger charge is -2.26. The molecule has 0 aromatic carbocycles. The second-order valence-electron chi connectivity index (χ2n) is 4.81. The molecule has 0 atom stereocenters. The Balaban J connectivity index is 2.52. The van der Waals surface area contributed by atoms with Crippen molar-refractivity contribution in [2.45, 2.75) is 50.5 Å². The normalized spacial score (nSPS) is 16.8. The second kappa shape index (κ2) is 6.98. The maximum atomic E-state index is 12.1. The van der Waals surface area contributed by atoms with Gasteiger partial charge in [-0.15, -0.1) is 0 Å². The molecule has 0 radical (unpaired) electrons. The van der Waals surface area contributed by atoms with E-state index >= 15 is 0 Å². The van der Waals surface area contributed by atoms with Crippen LogP contribution in [0.25, 0.3) is 0 Å². The fourth-order valence-corrected chi connectivity index (χ4v) is 2.33. The van der Waals surface area contributed by atoms with Gasteiger partial charge in [0.1, 0.15) is 0 Å². The topological polar surface area (TPSA) is 88.1 Å². The number of hydrogen-bond donors (Lipinski definition) is 1. The van der Waals surface area contributed by atoms with E-state index in [1.165, 1.54) is 4.90 Å². The molecule has 1 amide bonds. The van der Waals surface area contributed by atoms with Crippen LogP contribution in [-0.2, 0) is 4.79 Å². The highest BCUT2D eigenvalue weighted by molar-refractivity contribution is 5.77. The van der Waals surface area contributed by atoms with Gasteiger partial charge in [0.05, 0.1) is 37.0 Å². The summed E-state index contributed by atoms with van der Waals surface area (Å²) in [5.41, 5.74) is -0.866. The minimum atomic E-state index is -0.866. The van der Waals surface area contributed by atoms with Crippen LogP contribution in [0.1, 0.15) is 44.9 Å². The molecule has 5 heteroatoms. The fourth-order valence-electron chi connectivity index (χ4n) is 2.33. The summed E-state index contributed by atoms with van der Waals surface area (Å²) in [6, 6.07) is 3.99. The molecule has 5 nitrogen and oxygen atoms in total. The Labute approximate surface area is 108 Å². The quantitative estimate of drug-likeness (QED) is 0.769. The summed E-state index contributed by atoms with van der Waals surface area (Å²) in [6.07, 6.45) is 3.89. The molecule has 0 spiro atoms. The fraction of sp³-hybridized carbons (Fsp3) is 0.769. The van der Waals surface area contributed by atoms with Crippen molar-refractivity contribution < 1.29 is 9.90 Å². The van der Waals surface area contributed by atoms with Crippen molar-refractivity contribution >= 4 is 5.91 Å². The number of nitriles is 2. The lowest BCUT2D eigenvalue weighted by Crippen LogP contribution is -2.39. The first-order valence-electron chi connectivity index (χ1n) is 6.35. The molecule has 0 aliphatic heterocycles. The molecule has 1 aliphatic rings. The molecule has 0 saturated heterocycles. The summed E-state index contributed by atoms with van der Waals surface area (Å²) in [7, 11) is 0. The Morgan fingerprint density at radius 1 is 1.17 bits per heavy atom. The van der Waals surface area contributed by atoms with Gasteiger partial charge < -0.3 is 10.0 Å². The zero-order chi connectivity index (χ0) is 13.4. The molecule has 1 fully saturated rings. The van der Waals surface area contributed by atoms with Crippen molar-refractivity contribution in [2.24, 2.45) is 0 Å². The largest absolute Gasteiger partial charge is 0.389 e. The van der Waals surface area contributed by atoms with Gasteiger partial charge in [-0.1, -0.05) is 12.8 Å². The Kier molecular flexibility index (Phi) is 5.61. The van der Waals surface area contributed by atoms with E-state index in [0.29, 0.717) is 25.9 Å². The highest BCUT2D eigenvalue weighted by Gasteiger charge is 2.34. The van der Waals surface area contributed by atoms with Crippen LogP contribution < -0.4 is 0 Å². The first-order valence-corrected chi connectivity index (χ1v) is 6.35. The SMILES string of the molecule is N#CCCN(CCC#N)C(=O)CC1(O)CCCC1. The van der Waals surface area contributed by atoms with E-state index in [2.05, 4.69) is 0 Å². The first-order chi connectivity index (χ1) is 8.61. The molecule has 1 N–H and O–H groups in total. The van der Waals surface area contributed by atoms with Crippen molar-refractivity contribution in [2.75, 3.05) is 13.1 Å². The van der Waals surface area contributed by atoms with E-state index in [4.69, 9.17) is 10.5 Å². The van der Waals surface area contributed by atoms with Crippen molar-refractivity contribution in [1.82, 2.24) is 4.90 Å². The highest BCUT2D eigenvalue weighted by Crippen LogP contribution is 2.32. The van der Waals surface area contributed by atoms with Gasteiger partial charge in [-0.3, -0.25) is 4.79 Å². The first kappa shape index (κ1) is 14.5. The summed E-state index contributed by atoms with van der Waals surface area (Å²) in [6.45, 7) is 0.681. The lowest BCUT2D eigenvalue weighted by atomic mass is 9.97. The van der Waals surface area contributed by atoms with Crippen LogP contribution in [0.15, 0.2) is 0 Å². The Morgan fingerprint density at radius 2 is 1.67 bits per heavy atom. The zero-order valence-electron chi connectivity index (χ0n) is 10.6. The van der Waals surface area contributed by atoms with E-state index in [1.54, 1.807) is 0 Å². The van der Waals surface area contributed by atoms with Crippen LogP contribution >= 0.6 is 0 Å². The summed E-state index contributed by atoms with van der Waals surface area (Å²) >= 11 is 0. The average Bonchev–Trinajstić information content (AvgIpc) is 2.75. The van der Waals surface area contributed by atoms with E-state index in [9.17, 15) is 9.90 Å². The Hall–Kier alpha value is -1.59. The molecule has 1 saturated carbocycles. The monoisotopic (exact) mass is 249 g/mol. The molecule has 0 aromatic rings. The van der Waals surface area contributed by atoms with E-state index < -0.39 is 5.60 Å². The number of rotatable bonds is 6. The van der Waals surface area contributed by atoms with Gasteiger partial charge in [0.25, 0.3) is 0 Å². The van der Waals surface area contributed by atoms with Gasteiger partial charge in [-0.2, -0.15) is 10.5 Å². The van der Waals surface area contributed by atoms with E-state index in [1.807, 2.05) is 12.1 Å². The third-order valence-electron chi connectivity index (χ3n) is 3.35. The van der Waals surface area contributed by atoms with Gasteiger partial charge in [-0.05, 0) is 12.8 Å². The highest BCUT2D eigenvalue weighted by atomic mass is 16.3. The Morgan fingerprint density at radius 3 is 2.11 bits per heavy atom. The van der Waals surface area contributed by atoms with Crippen molar-refractivity contribution in [1.29, 1.82) is 10.5 Å². The molecule has 1 rings (SSSR count). The van der Waals surface area contributed by atoms with Gasteiger partial charge in [-0.25, -0.2) is 0 Å². The van der Waals surface area contributed by atoms with E-state index in [-0.39, 0.29) is 25.2 Å². The number of hydrogen-bond acceptors (Lipinski definition) is 4. The van der Waals surface area contributed by atoms with Gasteiger partial charge in [0.2, 0.25) is 5.91 Å². The van der Waals surface area contributed by atoms with Crippen LogP contribution in [-0.4, -0.2) is 34.6 Å². The minimum Gasteiger partial charge on any atom is -0.389 e. The predicted molar refractivity (Wildman–Crippen MR) is 65.1 cm³/mol. The number of carbonyl (C=O) groups is 1. The van der Waals surface area contributed by atoms with E-state index in [0.717, 1.165) is 12.8 Å². The Bertz CT molecular complexity index is 343. The number of amides is 1. The third-order valence-corrected chi connectivity index (χ3v) is 3.35. The molecule has 0 bridgehead atoms. The number of aliphatic hydroxyl groups is 1. The van der Waals surface area contributed by atoms with Crippen molar-refractivity contribution in [3.63, 3.8) is 0 Å². The molecule has 1 aliphatic carbocycles. The van der Waals surface area contributed by atoms with Crippen molar-refractivity contribution in [3.8, 4) is 12.1 Å². The standard InChI is InChI=1S/C13H19N3O2/c14-7-3-9-16(10-4-8-15)12(17)11-13(18)5-1-2-6-13/h18H,1-6,9-11H2. The molecule has 0 unspecified atom stereocenters. The summed E-state index contributed by atoms with van der Waals surface area (Å²) in [5, 5.41) is 27.3. The smallest absolute Gasteiger partial charge is 0.225 e. The molecule has 18 heavy (non-hydrogen) atoms. The van der Waals surface area contributed by atoms with Crippen LogP contribution in [0, 0.1) is 22.7 Å². The maximum Gasteiger partial charge on any atom is 0.225 e. The summed E-state index contributed by atoms with van der Waals surface area (Å²) < 4.78 is 0. The molecular formula is C13H19N3O2. The number of nitrogens with zero attached hydrogens (tertiary/aromatic N) is 3. The summed E-state index contributed by atoms with van der Waals surface area (Å²) in [4.78, 5) is 13.6. The molecular weight excluding hydrogens is 230 g/mol. The predicted octanol–water partition coefficient (Wildman–Crippen LogP) is 1.34. The van der Waals surface area contributed by atoms with Crippen LogP contribution in [0.5, 0.6) is 0 Å². The molecule has 0 heterocycles. The minimum absolute atomic E-state index is 0.115. The van der Waals surface area contributed by atoms with Gasteiger partial charge in [0, 0.05) is 13.1 Å². The van der Waals surface area contributed by atoms with Gasteiger partial charge >= 0.3 is 0 Å². The second-order valence-corrected chi connectivity index (χ2v) is 4.81. The molecule has 98 valence electrons. The van der Waals surface area contributed by atoms with Crippen molar-refractivity contribution in [3.05, 3.63) is 0 Å². The van der Waals surface area contributed by atoms with Crippen LogP contribution in [0.4, 0.5) is 0 Å². The summed E-state index contributed by atoms with van der Waals surface area (Å²) in [5.74, 6) is -0.148. The lowest BCUT2D eigenvalue weighted by molar-refractivity contribution is -0.136. The maximum absolute atomic E-state index is 12.1. The zero-order valence-corrected chi connectivity index (χ0v) is 10.6. The van der Waals surface area contributed by atoms with Crippen LogP contribution in [0.3, 0.4) is 0 Å². The average molecular weight is 249 g/mol. The third kappa shape index (κ3) is 4.35. The molecule has 0 aromatic heterocycles. The number of carbonyl (C=O) groups excluding carboxylic acids is 1.